The van der Waals surface area contributed by atoms with E-state index in [2.05, 4.69) is 74.5 Å². The van der Waals surface area contributed by atoms with Crippen molar-refractivity contribution in [1.29, 1.82) is 0 Å². The maximum atomic E-state index is 13.9. The fourth-order valence-electron chi connectivity index (χ4n) is 4.54. The maximum Gasteiger partial charge on any atom is 0.457 e. The Morgan fingerprint density at radius 1 is 0.871 bits per heavy atom. The molecule has 2 N–H and O–H groups in total. The van der Waals surface area contributed by atoms with E-state index in [1.807, 2.05) is 6.07 Å². The van der Waals surface area contributed by atoms with Crippen LogP contribution >= 0.6 is 0 Å². The van der Waals surface area contributed by atoms with Crippen LogP contribution in [-0.2, 0) is 15.7 Å². The second kappa shape index (κ2) is 7.28. The first-order valence-corrected chi connectivity index (χ1v) is 10.9. The van der Waals surface area contributed by atoms with Crippen LogP contribution in [0.25, 0.3) is 10.8 Å². The molecule has 1 fully saturated rings. The van der Waals surface area contributed by atoms with Crippen LogP contribution in [0.3, 0.4) is 0 Å². The summed E-state index contributed by atoms with van der Waals surface area (Å²) in [5.74, 6) is -0.232. The fourth-order valence-corrected chi connectivity index (χ4v) is 4.54. The number of hydrogen-bond donors (Lipinski definition) is 2. The molecule has 158 valence electrons. The molecular weight excluding hydrogens is 389 g/mol. The van der Waals surface area contributed by atoms with Crippen molar-refractivity contribution < 1.29 is 13.7 Å². The Labute approximate surface area is 183 Å². The minimum atomic E-state index is -0.442. The van der Waals surface area contributed by atoms with Gasteiger partial charge in [-0.1, -0.05) is 36.4 Å². The third-order valence-corrected chi connectivity index (χ3v) is 6.94. The van der Waals surface area contributed by atoms with Gasteiger partial charge in [-0.3, -0.25) is 0 Å². The second-order valence-electron chi connectivity index (χ2n) is 9.60. The third-order valence-electron chi connectivity index (χ3n) is 6.94. The number of halogens is 1. The number of nitrogens with one attached hydrogen (secondary N) is 2. The molecular formula is C24H27B2FN2O2. The molecule has 0 bridgehead atoms. The normalized spacial score (nSPS) is 19.8. The molecule has 1 unspecified atom stereocenters. The summed E-state index contributed by atoms with van der Waals surface area (Å²) in [5, 5.41) is 9.69. The molecule has 7 heteroatoms. The van der Waals surface area contributed by atoms with Crippen molar-refractivity contribution >= 4 is 36.2 Å². The van der Waals surface area contributed by atoms with Crippen LogP contribution in [0.5, 0.6) is 0 Å². The van der Waals surface area contributed by atoms with Crippen molar-refractivity contribution in [2.75, 3.05) is 10.5 Å². The Morgan fingerprint density at radius 3 is 2.03 bits per heavy atom. The largest absolute Gasteiger partial charge is 0.457 e. The van der Waals surface area contributed by atoms with Gasteiger partial charge in [-0.25, -0.2) is 4.39 Å². The molecule has 0 spiro atoms. The molecule has 0 aromatic heterocycles. The van der Waals surface area contributed by atoms with Crippen LogP contribution in [0.2, 0.25) is 5.72 Å². The summed E-state index contributed by atoms with van der Waals surface area (Å²) in [5.41, 5.74) is 2.11. The molecule has 2 aliphatic rings. The summed E-state index contributed by atoms with van der Waals surface area (Å²) in [6, 6.07) is 19.3. The van der Waals surface area contributed by atoms with Gasteiger partial charge in [0, 0.05) is 22.5 Å². The number of anilines is 2. The minimum absolute atomic E-state index is 0.0912. The zero-order valence-corrected chi connectivity index (χ0v) is 18.4. The SMILES string of the molecule is CC1(C)OB(C(Cc2cccc(F)c2)B2Nc3cccc4cccc(c34)N2)OC1(C)C. The smallest absolute Gasteiger partial charge is 0.409 e. The van der Waals surface area contributed by atoms with E-state index in [0.717, 1.165) is 16.9 Å². The molecule has 0 radical (unpaired) electrons. The Balaban J connectivity index is 1.52. The molecule has 1 atom stereocenters. The Kier molecular flexibility index (Phi) is 4.79. The first-order valence-electron chi connectivity index (χ1n) is 10.9. The molecule has 0 aliphatic carbocycles. The lowest BCUT2D eigenvalue weighted by Gasteiger charge is -2.32. The minimum Gasteiger partial charge on any atom is -0.409 e. The van der Waals surface area contributed by atoms with Crippen LogP contribution in [0, 0.1) is 5.82 Å². The lowest BCUT2D eigenvalue weighted by Crippen LogP contribution is -2.49. The number of hydrogen-bond acceptors (Lipinski definition) is 4. The van der Waals surface area contributed by atoms with Gasteiger partial charge in [0.05, 0.1) is 11.2 Å². The topological polar surface area (TPSA) is 42.5 Å². The highest BCUT2D eigenvalue weighted by Gasteiger charge is 2.56. The first kappa shape index (κ1) is 20.4. The van der Waals surface area contributed by atoms with E-state index in [9.17, 15) is 4.39 Å². The molecule has 3 aromatic rings. The highest BCUT2D eigenvalue weighted by Crippen LogP contribution is 2.43. The molecule has 31 heavy (non-hydrogen) atoms. The van der Waals surface area contributed by atoms with Crippen molar-refractivity contribution in [1.82, 2.24) is 0 Å². The van der Waals surface area contributed by atoms with Crippen LogP contribution < -0.4 is 10.5 Å². The monoisotopic (exact) mass is 416 g/mol. The van der Waals surface area contributed by atoms with Gasteiger partial charge in [-0.2, -0.15) is 0 Å². The van der Waals surface area contributed by atoms with Gasteiger partial charge in [0.25, 0.3) is 0 Å². The van der Waals surface area contributed by atoms with Gasteiger partial charge in [-0.05, 0) is 69.3 Å². The van der Waals surface area contributed by atoms with Gasteiger partial charge in [0.15, 0.2) is 0 Å². The first-order chi connectivity index (χ1) is 14.7. The van der Waals surface area contributed by atoms with E-state index in [4.69, 9.17) is 9.31 Å². The fraction of sp³-hybridized carbons (Fsp3) is 0.333. The van der Waals surface area contributed by atoms with Crippen molar-refractivity contribution in [3.05, 3.63) is 72.0 Å². The predicted octanol–water partition coefficient (Wildman–Crippen LogP) is 5.55. The Hall–Kier alpha value is -2.50. The average molecular weight is 416 g/mol. The summed E-state index contributed by atoms with van der Waals surface area (Å²) < 4.78 is 26.8. The van der Waals surface area contributed by atoms with Crippen molar-refractivity contribution in [3.8, 4) is 0 Å². The van der Waals surface area contributed by atoms with E-state index < -0.39 is 18.3 Å². The zero-order chi connectivity index (χ0) is 21.8. The van der Waals surface area contributed by atoms with Gasteiger partial charge >= 0.3 is 14.1 Å². The number of benzene rings is 3. The quantitative estimate of drug-likeness (QED) is 0.548. The van der Waals surface area contributed by atoms with E-state index in [0.29, 0.717) is 6.42 Å². The highest BCUT2D eigenvalue weighted by atomic mass is 19.1. The van der Waals surface area contributed by atoms with E-state index in [-0.39, 0.29) is 18.5 Å². The molecule has 2 aliphatic heterocycles. The molecule has 5 rings (SSSR count). The van der Waals surface area contributed by atoms with E-state index >= 15 is 0 Å². The summed E-state index contributed by atoms with van der Waals surface area (Å²) in [4.78, 5) is 0. The summed E-state index contributed by atoms with van der Waals surface area (Å²) in [6.07, 6.45) is 0.609. The summed E-state index contributed by atoms with van der Waals surface area (Å²) in [7, 11) is -0.442. The molecule has 0 amide bonds. The van der Waals surface area contributed by atoms with Crippen LogP contribution in [0.15, 0.2) is 60.7 Å². The third kappa shape index (κ3) is 3.60. The van der Waals surface area contributed by atoms with Crippen LogP contribution in [0.4, 0.5) is 15.8 Å². The number of rotatable bonds is 4. The average Bonchev–Trinajstić information content (AvgIpc) is 2.93. The predicted molar refractivity (Wildman–Crippen MR) is 127 cm³/mol. The van der Waals surface area contributed by atoms with Crippen LogP contribution in [0.1, 0.15) is 33.3 Å². The summed E-state index contributed by atoms with van der Waals surface area (Å²) in [6.45, 7) is 8.10. The van der Waals surface area contributed by atoms with E-state index in [1.165, 1.54) is 16.8 Å². The lowest BCUT2D eigenvalue weighted by molar-refractivity contribution is 0.00578. The van der Waals surface area contributed by atoms with Gasteiger partial charge in [-0.15, -0.1) is 0 Å². The molecule has 2 heterocycles. The van der Waals surface area contributed by atoms with Crippen LogP contribution in [-0.4, -0.2) is 25.3 Å². The highest BCUT2D eigenvalue weighted by molar-refractivity contribution is 6.80. The van der Waals surface area contributed by atoms with Gasteiger partial charge in [0.1, 0.15) is 5.82 Å². The maximum absolute atomic E-state index is 13.9. The molecule has 0 saturated carbocycles. The lowest BCUT2D eigenvalue weighted by atomic mass is 9.44. The molecule has 3 aromatic carbocycles. The van der Waals surface area contributed by atoms with Crippen molar-refractivity contribution in [2.24, 2.45) is 0 Å². The zero-order valence-electron chi connectivity index (χ0n) is 18.4. The van der Waals surface area contributed by atoms with Gasteiger partial charge < -0.3 is 19.8 Å². The van der Waals surface area contributed by atoms with E-state index in [1.54, 1.807) is 12.1 Å². The molecule has 1 saturated heterocycles. The Morgan fingerprint density at radius 2 is 1.45 bits per heavy atom. The van der Waals surface area contributed by atoms with Crippen molar-refractivity contribution in [2.45, 2.75) is 51.0 Å². The molecule has 4 nitrogen and oxygen atoms in total. The Bertz CT molecular complexity index is 1080. The summed E-state index contributed by atoms with van der Waals surface area (Å²) >= 11 is 0. The standard InChI is InChI=1S/C24H27B2FN2O2/c1-23(2)24(3,4)31-26(30-23)21(15-16-8-5-11-18(27)14-16)25-28-19-12-6-9-17-10-7-13-20(29-25)22(17)19/h5-14,21,28-29H,15H2,1-4H3. The van der Waals surface area contributed by atoms with Gasteiger partial charge in [0.2, 0.25) is 0 Å². The van der Waals surface area contributed by atoms with Crippen molar-refractivity contribution in [3.63, 3.8) is 0 Å². The second-order valence-corrected chi connectivity index (χ2v) is 9.60.